The van der Waals surface area contributed by atoms with E-state index in [1.807, 2.05) is 15.9 Å². The van der Waals surface area contributed by atoms with E-state index in [4.69, 9.17) is 4.74 Å². The summed E-state index contributed by atoms with van der Waals surface area (Å²) in [5.74, 6) is 0.416. The van der Waals surface area contributed by atoms with Crippen LogP contribution in [0.4, 0.5) is 0 Å². The Kier molecular flexibility index (Phi) is 5.58. The second-order valence-corrected chi connectivity index (χ2v) is 7.73. The lowest BCUT2D eigenvalue weighted by molar-refractivity contribution is -0.145. The summed E-state index contributed by atoms with van der Waals surface area (Å²) in [6.07, 6.45) is 6.19. The first kappa shape index (κ1) is 18.2. The van der Waals surface area contributed by atoms with Crippen LogP contribution in [0.15, 0.2) is 36.4 Å². The molecule has 1 atom stereocenters. The molecule has 3 aliphatic rings. The third-order valence-corrected chi connectivity index (χ3v) is 6.03. The predicted molar refractivity (Wildman–Crippen MR) is 104 cm³/mol. The Morgan fingerprint density at radius 2 is 1.70 bits per heavy atom. The summed E-state index contributed by atoms with van der Waals surface area (Å²) in [5.41, 5.74) is 2.59. The number of likely N-dealkylation sites (tertiary alicyclic amines) is 1. The standard InChI is InChI=1S/C22H28N2O3/c25-21(23-12-8-18(9-13-23)17-5-2-1-3-6-17)19-10-14-24(15-11-19)22(26)20-7-4-16-27-20/h1-3,5-6,8,19-20H,4,7,9-16H2/t20-/m0/s1. The molecule has 0 unspecified atom stereocenters. The lowest BCUT2D eigenvalue weighted by Crippen LogP contribution is -2.47. The summed E-state index contributed by atoms with van der Waals surface area (Å²) in [4.78, 5) is 29.2. The van der Waals surface area contributed by atoms with Crippen molar-refractivity contribution in [2.24, 2.45) is 5.92 Å². The molecule has 5 heteroatoms. The van der Waals surface area contributed by atoms with Gasteiger partial charge in [-0.3, -0.25) is 9.59 Å². The van der Waals surface area contributed by atoms with Gasteiger partial charge in [0.25, 0.3) is 5.91 Å². The molecule has 2 saturated heterocycles. The van der Waals surface area contributed by atoms with Gasteiger partial charge in [0.05, 0.1) is 0 Å². The van der Waals surface area contributed by atoms with E-state index in [0.29, 0.717) is 26.2 Å². The van der Waals surface area contributed by atoms with Crippen molar-refractivity contribution in [2.75, 3.05) is 32.8 Å². The topological polar surface area (TPSA) is 49.9 Å². The number of carbonyl (C=O) groups is 2. The van der Waals surface area contributed by atoms with Crippen molar-refractivity contribution in [3.8, 4) is 0 Å². The van der Waals surface area contributed by atoms with Crippen LogP contribution in [-0.2, 0) is 14.3 Å². The van der Waals surface area contributed by atoms with Crippen LogP contribution in [0.3, 0.4) is 0 Å². The normalized spacial score (nSPS) is 24.0. The van der Waals surface area contributed by atoms with E-state index >= 15 is 0 Å². The van der Waals surface area contributed by atoms with Gasteiger partial charge < -0.3 is 14.5 Å². The minimum atomic E-state index is -0.249. The average molecular weight is 368 g/mol. The van der Waals surface area contributed by atoms with Gasteiger partial charge in [-0.05, 0) is 43.2 Å². The molecule has 4 rings (SSSR count). The van der Waals surface area contributed by atoms with Gasteiger partial charge in [0, 0.05) is 38.7 Å². The van der Waals surface area contributed by atoms with E-state index in [-0.39, 0.29) is 23.8 Å². The van der Waals surface area contributed by atoms with Crippen LogP contribution >= 0.6 is 0 Å². The Morgan fingerprint density at radius 3 is 2.33 bits per heavy atom. The third kappa shape index (κ3) is 4.08. The molecule has 0 saturated carbocycles. The van der Waals surface area contributed by atoms with Crippen LogP contribution in [0, 0.1) is 5.92 Å². The summed E-state index contributed by atoms with van der Waals surface area (Å²) >= 11 is 0. The smallest absolute Gasteiger partial charge is 0.251 e. The van der Waals surface area contributed by atoms with Crippen LogP contribution < -0.4 is 0 Å². The Hall–Kier alpha value is -2.14. The number of rotatable bonds is 3. The Morgan fingerprint density at radius 1 is 0.926 bits per heavy atom. The van der Waals surface area contributed by atoms with E-state index in [1.54, 1.807) is 0 Å². The van der Waals surface area contributed by atoms with Crippen molar-refractivity contribution in [3.05, 3.63) is 42.0 Å². The molecule has 0 aliphatic carbocycles. The van der Waals surface area contributed by atoms with E-state index in [0.717, 1.165) is 38.6 Å². The zero-order valence-electron chi connectivity index (χ0n) is 15.8. The molecule has 0 aromatic heterocycles. The minimum absolute atomic E-state index is 0.0465. The van der Waals surface area contributed by atoms with Gasteiger partial charge in [-0.25, -0.2) is 0 Å². The van der Waals surface area contributed by atoms with Crippen molar-refractivity contribution < 1.29 is 14.3 Å². The molecule has 3 heterocycles. The summed E-state index contributed by atoms with van der Waals surface area (Å²) < 4.78 is 5.51. The Balaban J connectivity index is 1.28. The first-order valence-electron chi connectivity index (χ1n) is 10.2. The lowest BCUT2D eigenvalue weighted by Gasteiger charge is -2.36. The largest absolute Gasteiger partial charge is 0.368 e. The van der Waals surface area contributed by atoms with Crippen LogP contribution in [0.25, 0.3) is 5.57 Å². The number of amides is 2. The molecular weight excluding hydrogens is 340 g/mol. The summed E-state index contributed by atoms with van der Waals surface area (Å²) in [6.45, 7) is 3.52. The van der Waals surface area contributed by atoms with Crippen LogP contribution in [0.1, 0.15) is 37.7 Å². The molecule has 144 valence electrons. The molecule has 0 radical (unpaired) electrons. The van der Waals surface area contributed by atoms with Crippen molar-refractivity contribution in [2.45, 2.75) is 38.2 Å². The molecule has 0 spiro atoms. The van der Waals surface area contributed by atoms with E-state index in [9.17, 15) is 9.59 Å². The van der Waals surface area contributed by atoms with Crippen molar-refractivity contribution in [3.63, 3.8) is 0 Å². The SMILES string of the molecule is O=C(C1CCN(C(=O)[C@@H]2CCCO2)CC1)N1CC=C(c2ccccc2)CC1. The molecule has 0 N–H and O–H groups in total. The maximum Gasteiger partial charge on any atom is 0.251 e. The quantitative estimate of drug-likeness (QED) is 0.824. The maximum absolute atomic E-state index is 12.9. The van der Waals surface area contributed by atoms with E-state index in [2.05, 4.69) is 30.3 Å². The number of benzene rings is 1. The summed E-state index contributed by atoms with van der Waals surface area (Å²) in [7, 11) is 0. The van der Waals surface area contributed by atoms with Crippen molar-refractivity contribution in [1.82, 2.24) is 9.80 Å². The number of hydrogen-bond donors (Lipinski definition) is 0. The zero-order chi connectivity index (χ0) is 18.6. The van der Waals surface area contributed by atoms with Crippen molar-refractivity contribution >= 4 is 17.4 Å². The molecule has 5 nitrogen and oxygen atoms in total. The molecule has 2 fully saturated rings. The molecule has 0 bridgehead atoms. The van der Waals surface area contributed by atoms with Crippen LogP contribution in [-0.4, -0.2) is 60.5 Å². The first-order valence-corrected chi connectivity index (χ1v) is 10.2. The van der Waals surface area contributed by atoms with Crippen LogP contribution in [0.5, 0.6) is 0 Å². The molecule has 27 heavy (non-hydrogen) atoms. The van der Waals surface area contributed by atoms with E-state index < -0.39 is 0 Å². The third-order valence-electron chi connectivity index (χ3n) is 6.03. The maximum atomic E-state index is 12.9. The summed E-state index contributed by atoms with van der Waals surface area (Å²) in [6, 6.07) is 10.4. The second kappa shape index (κ2) is 8.26. The van der Waals surface area contributed by atoms with E-state index in [1.165, 1.54) is 11.1 Å². The van der Waals surface area contributed by atoms with Gasteiger partial charge in [-0.15, -0.1) is 0 Å². The van der Waals surface area contributed by atoms with Gasteiger partial charge in [0.2, 0.25) is 5.91 Å². The lowest BCUT2D eigenvalue weighted by atomic mass is 9.93. The number of ether oxygens (including phenoxy) is 1. The monoisotopic (exact) mass is 368 g/mol. The molecule has 3 aliphatic heterocycles. The number of carbonyl (C=O) groups excluding carboxylic acids is 2. The highest BCUT2D eigenvalue weighted by Crippen LogP contribution is 2.26. The fourth-order valence-corrected chi connectivity index (χ4v) is 4.36. The second-order valence-electron chi connectivity index (χ2n) is 7.73. The number of piperidine rings is 1. The molecule has 1 aromatic carbocycles. The summed E-state index contributed by atoms with van der Waals surface area (Å²) in [5, 5.41) is 0. The molecular formula is C22H28N2O3. The fourth-order valence-electron chi connectivity index (χ4n) is 4.36. The van der Waals surface area contributed by atoms with Gasteiger partial charge in [0.15, 0.2) is 0 Å². The average Bonchev–Trinajstić information content (AvgIpc) is 3.28. The zero-order valence-corrected chi connectivity index (χ0v) is 15.8. The van der Waals surface area contributed by atoms with Crippen LogP contribution in [0.2, 0.25) is 0 Å². The Bertz CT molecular complexity index is 702. The highest BCUT2D eigenvalue weighted by molar-refractivity contribution is 5.83. The number of hydrogen-bond acceptors (Lipinski definition) is 3. The molecule has 2 amide bonds. The van der Waals surface area contributed by atoms with Crippen molar-refractivity contribution in [1.29, 1.82) is 0 Å². The van der Waals surface area contributed by atoms with Gasteiger partial charge >= 0.3 is 0 Å². The highest BCUT2D eigenvalue weighted by atomic mass is 16.5. The predicted octanol–water partition coefficient (Wildman–Crippen LogP) is 2.72. The fraction of sp³-hybridized carbons (Fsp3) is 0.545. The molecule has 1 aromatic rings. The van der Waals surface area contributed by atoms with Gasteiger partial charge in [-0.1, -0.05) is 36.4 Å². The number of nitrogens with zero attached hydrogens (tertiary/aromatic N) is 2. The van der Waals surface area contributed by atoms with Gasteiger partial charge in [-0.2, -0.15) is 0 Å². The minimum Gasteiger partial charge on any atom is -0.368 e. The highest BCUT2D eigenvalue weighted by Gasteiger charge is 2.34. The van der Waals surface area contributed by atoms with Gasteiger partial charge in [0.1, 0.15) is 6.10 Å². The Labute approximate surface area is 161 Å². The first-order chi connectivity index (χ1) is 13.2.